The summed E-state index contributed by atoms with van der Waals surface area (Å²) in [7, 11) is 0. The van der Waals surface area contributed by atoms with Crippen LogP contribution in [-0.2, 0) is 4.79 Å². The first-order valence-corrected chi connectivity index (χ1v) is 4.25. The summed E-state index contributed by atoms with van der Waals surface area (Å²) < 4.78 is 0. The van der Waals surface area contributed by atoms with E-state index in [1.807, 2.05) is 0 Å². The highest BCUT2D eigenvalue weighted by molar-refractivity contribution is 5.98. The zero-order valence-corrected chi connectivity index (χ0v) is 8.10. The van der Waals surface area contributed by atoms with E-state index < -0.39 is 17.9 Å². The number of primary amides is 1. The number of carboxylic acid groups (broad SMARTS) is 1. The van der Waals surface area contributed by atoms with Gasteiger partial charge in [0.25, 0.3) is 5.91 Å². The Morgan fingerprint density at radius 1 is 1.60 bits per heavy atom. The van der Waals surface area contributed by atoms with Gasteiger partial charge in [-0.25, -0.2) is 0 Å². The summed E-state index contributed by atoms with van der Waals surface area (Å²) in [5.74, 6) is -1.66. The summed E-state index contributed by atoms with van der Waals surface area (Å²) in [5.41, 5.74) is 5.64. The van der Waals surface area contributed by atoms with Gasteiger partial charge in [-0.15, -0.1) is 0 Å². The van der Waals surface area contributed by atoms with Gasteiger partial charge in [0, 0.05) is 12.4 Å². The van der Waals surface area contributed by atoms with E-state index in [1.54, 1.807) is 0 Å². The number of aromatic nitrogens is 1. The van der Waals surface area contributed by atoms with Gasteiger partial charge in [-0.05, 0) is 13.0 Å². The quantitative estimate of drug-likeness (QED) is 0.650. The highest BCUT2D eigenvalue weighted by Gasteiger charge is 2.14. The van der Waals surface area contributed by atoms with E-state index in [9.17, 15) is 9.59 Å². The Morgan fingerprint density at radius 2 is 2.27 bits per heavy atom. The van der Waals surface area contributed by atoms with Crippen molar-refractivity contribution < 1.29 is 14.7 Å². The van der Waals surface area contributed by atoms with Crippen LogP contribution in [0.15, 0.2) is 18.5 Å². The average Bonchev–Trinajstić information content (AvgIpc) is 2.18. The SMILES string of the molecule is CC(Nc1ccncc1C(N)=O)C(=O)O. The highest BCUT2D eigenvalue weighted by Crippen LogP contribution is 2.13. The van der Waals surface area contributed by atoms with E-state index in [0.29, 0.717) is 5.69 Å². The van der Waals surface area contributed by atoms with E-state index in [-0.39, 0.29) is 5.56 Å². The molecule has 0 radical (unpaired) electrons. The molecule has 0 aliphatic heterocycles. The van der Waals surface area contributed by atoms with Crippen molar-refractivity contribution in [3.05, 3.63) is 24.0 Å². The average molecular weight is 209 g/mol. The minimum Gasteiger partial charge on any atom is -0.480 e. The molecule has 80 valence electrons. The number of hydrogen-bond donors (Lipinski definition) is 3. The van der Waals surface area contributed by atoms with E-state index >= 15 is 0 Å². The second-order valence-corrected chi connectivity index (χ2v) is 2.99. The molecule has 1 unspecified atom stereocenters. The molecule has 0 spiro atoms. The Hall–Kier alpha value is -2.11. The third-order valence-electron chi connectivity index (χ3n) is 1.83. The highest BCUT2D eigenvalue weighted by atomic mass is 16.4. The molecular weight excluding hydrogens is 198 g/mol. The molecule has 4 N–H and O–H groups in total. The number of anilines is 1. The Balaban J connectivity index is 2.94. The minimum atomic E-state index is -1.01. The van der Waals surface area contributed by atoms with Crippen LogP contribution in [0.5, 0.6) is 0 Å². The second-order valence-electron chi connectivity index (χ2n) is 2.99. The molecule has 1 rings (SSSR count). The van der Waals surface area contributed by atoms with Gasteiger partial charge < -0.3 is 16.2 Å². The summed E-state index contributed by atoms with van der Waals surface area (Å²) in [6, 6.07) is 0.699. The third-order valence-corrected chi connectivity index (χ3v) is 1.83. The summed E-state index contributed by atoms with van der Waals surface area (Å²) in [4.78, 5) is 25.3. The summed E-state index contributed by atoms with van der Waals surface area (Å²) >= 11 is 0. The molecule has 6 heteroatoms. The Morgan fingerprint density at radius 3 is 2.80 bits per heavy atom. The molecule has 0 aliphatic rings. The van der Waals surface area contributed by atoms with Crippen molar-refractivity contribution in [1.29, 1.82) is 0 Å². The molecule has 1 atom stereocenters. The second kappa shape index (κ2) is 4.41. The number of nitrogens with zero attached hydrogens (tertiary/aromatic N) is 1. The van der Waals surface area contributed by atoms with E-state index in [0.717, 1.165) is 0 Å². The largest absolute Gasteiger partial charge is 0.480 e. The van der Waals surface area contributed by atoms with Crippen molar-refractivity contribution in [3.8, 4) is 0 Å². The maximum Gasteiger partial charge on any atom is 0.325 e. The van der Waals surface area contributed by atoms with Crippen molar-refractivity contribution in [2.75, 3.05) is 5.32 Å². The molecule has 1 amide bonds. The zero-order chi connectivity index (χ0) is 11.4. The number of carbonyl (C=O) groups excluding carboxylic acids is 1. The lowest BCUT2D eigenvalue weighted by atomic mass is 10.2. The molecule has 1 heterocycles. The van der Waals surface area contributed by atoms with Crippen molar-refractivity contribution in [2.45, 2.75) is 13.0 Å². The van der Waals surface area contributed by atoms with Crippen LogP contribution in [-0.4, -0.2) is 28.0 Å². The van der Waals surface area contributed by atoms with Crippen molar-refractivity contribution in [1.82, 2.24) is 4.98 Å². The predicted octanol–water partition coefficient (Wildman–Crippen LogP) is 0.0655. The number of carboxylic acids is 1. The van der Waals surface area contributed by atoms with Crippen LogP contribution in [0.3, 0.4) is 0 Å². The van der Waals surface area contributed by atoms with Crippen LogP contribution in [0.1, 0.15) is 17.3 Å². The number of carbonyl (C=O) groups is 2. The molecule has 0 saturated heterocycles. The molecule has 0 aromatic carbocycles. The smallest absolute Gasteiger partial charge is 0.325 e. The minimum absolute atomic E-state index is 0.172. The number of amides is 1. The van der Waals surface area contributed by atoms with Crippen LogP contribution in [0.25, 0.3) is 0 Å². The lowest BCUT2D eigenvalue weighted by molar-refractivity contribution is -0.137. The van der Waals surface area contributed by atoms with Gasteiger partial charge >= 0.3 is 5.97 Å². The number of nitrogens with one attached hydrogen (secondary N) is 1. The van der Waals surface area contributed by atoms with Crippen LogP contribution in [0, 0.1) is 0 Å². The molecule has 1 aromatic heterocycles. The molecule has 0 saturated carbocycles. The zero-order valence-electron chi connectivity index (χ0n) is 8.10. The van der Waals surface area contributed by atoms with Gasteiger partial charge in [-0.2, -0.15) is 0 Å². The molecular formula is C9H11N3O3. The Labute approximate surface area is 86.1 Å². The first-order chi connectivity index (χ1) is 7.02. The Bertz CT molecular complexity index is 392. The fourth-order valence-corrected chi connectivity index (χ4v) is 1.01. The number of nitrogens with two attached hydrogens (primary N) is 1. The summed E-state index contributed by atoms with van der Waals surface area (Å²) in [5, 5.41) is 11.3. The van der Waals surface area contributed by atoms with Crippen LogP contribution < -0.4 is 11.1 Å². The standard InChI is InChI=1S/C9H11N3O3/c1-5(9(14)15)12-7-2-3-11-4-6(7)8(10)13/h2-5H,1H3,(H2,10,13)(H,11,12)(H,14,15). The number of rotatable bonds is 4. The van der Waals surface area contributed by atoms with Gasteiger partial charge in [0.15, 0.2) is 0 Å². The first kappa shape index (κ1) is 11.0. The van der Waals surface area contributed by atoms with Gasteiger partial charge in [0.05, 0.1) is 11.3 Å². The van der Waals surface area contributed by atoms with Crippen LogP contribution >= 0.6 is 0 Å². The fourth-order valence-electron chi connectivity index (χ4n) is 1.01. The molecule has 0 fully saturated rings. The van der Waals surface area contributed by atoms with Crippen LogP contribution in [0.2, 0.25) is 0 Å². The topological polar surface area (TPSA) is 105 Å². The molecule has 6 nitrogen and oxygen atoms in total. The number of hydrogen-bond acceptors (Lipinski definition) is 4. The maximum absolute atomic E-state index is 11.0. The molecule has 0 aliphatic carbocycles. The Kier molecular flexibility index (Phi) is 3.22. The summed E-state index contributed by atoms with van der Waals surface area (Å²) in [6.45, 7) is 1.47. The van der Waals surface area contributed by atoms with Crippen molar-refractivity contribution in [3.63, 3.8) is 0 Å². The van der Waals surface area contributed by atoms with Gasteiger partial charge in [0.1, 0.15) is 6.04 Å². The lowest BCUT2D eigenvalue weighted by Gasteiger charge is -2.12. The van der Waals surface area contributed by atoms with Gasteiger partial charge in [-0.3, -0.25) is 14.6 Å². The van der Waals surface area contributed by atoms with Gasteiger partial charge in [-0.1, -0.05) is 0 Å². The van der Waals surface area contributed by atoms with E-state index in [2.05, 4.69) is 10.3 Å². The number of aliphatic carboxylic acids is 1. The summed E-state index contributed by atoms with van der Waals surface area (Å²) in [6.07, 6.45) is 2.74. The fraction of sp³-hybridized carbons (Fsp3) is 0.222. The normalized spacial score (nSPS) is 11.8. The van der Waals surface area contributed by atoms with Gasteiger partial charge in [0.2, 0.25) is 0 Å². The number of pyridine rings is 1. The first-order valence-electron chi connectivity index (χ1n) is 4.25. The molecule has 15 heavy (non-hydrogen) atoms. The van der Waals surface area contributed by atoms with E-state index in [1.165, 1.54) is 25.4 Å². The lowest BCUT2D eigenvalue weighted by Crippen LogP contribution is -2.27. The predicted molar refractivity (Wildman–Crippen MR) is 53.5 cm³/mol. The molecule has 0 bridgehead atoms. The van der Waals surface area contributed by atoms with Crippen molar-refractivity contribution >= 4 is 17.6 Å². The third kappa shape index (κ3) is 2.67. The van der Waals surface area contributed by atoms with E-state index in [4.69, 9.17) is 10.8 Å². The molecule has 1 aromatic rings. The van der Waals surface area contributed by atoms with Crippen LogP contribution in [0.4, 0.5) is 5.69 Å². The monoisotopic (exact) mass is 209 g/mol. The van der Waals surface area contributed by atoms with Crippen molar-refractivity contribution in [2.24, 2.45) is 5.73 Å². The maximum atomic E-state index is 11.0.